The Balaban J connectivity index is 0.000000446. The molecule has 0 heterocycles. The van der Waals surface area contributed by atoms with Crippen LogP contribution in [0.3, 0.4) is 0 Å². The molecule has 0 saturated heterocycles. The minimum Gasteiger partial charge on any atom is -0.464 e. The van der Waals surface area contributed by atoms with E-state index in [4.69, 9.17) is 20.1 Å². The number of aliphatic hydroxyl groups excluding tert-OH is 1. The highest BCUT2D eigenvalue weighted by Gasteiger charge is 2.22. The highest BCUT2D eigenvalue weighted by molar-refractivity contribution is 7.85. The average molecular weight is 361 g/mol. The molecule has 0 aliphatic rings. The summed E-state index contributed by atoms with van der Waals surface area (Å²) >= 11 is 0. The van der Waals surface area contributed by atoms with Crippen LogP contribution in [0.15, 0.2) is 29.2 Å². The molecule has 0 fully saturated rings. The third kappa shape index (κ3) is 9.61. The van der Waals surface area contributed by atoms with E-state index in [-0.39, 0.29) is 10.3 Å². The normalized spacial score (nSPS) is 14.2. The molecule has 138 valence electrons. The molecule has 24 heavy (non-hydrogen) atoms. The van der Waals surface area contributed by atoms with E-state index >= 15 is 0 Å². The van der Waals surface area contributed by atoms with E-state index in [0.717, 1.165) is 5.56 Å². The van der Waals surface area contributed by atoms with Gasteiger partial charge < -0.3 is 15.6 Å². The number of ether oxygens (including phenoxy) is 1. The summed E-state index contributed by atoms with van der Waals surface area (Å²) in [6.07, 6.45) is -0.868. The molecule has 4 N–H and O–H groups in total. The summed E-state index contributed by atoms with van der Waals surface area (Å²) in [5.41, 5.74) is 6.25. The van der Waals surface area contributed by atoms with Gasteiger partial charge in [-0.05, 0) is 31.4 Å². The zero-order chi connectivity index (χ0) is 19.1. The second-order valence-corrected chi connectivity index (χ2v) is 8.14. The van der Waals surface area contributed by atoms with Crippen LogP contribution in [-0.4, -0.2) is 42.8 Å². The van der Waals surface area contributed by atoms with Crippen molar-refractivity contribution in [3.8, 4) is 0 Å². The predicted molar refractivity (Wildman–Crippen MR) is 91.1 cm³/mol. The average Bonchev–Trinajstić information content (AvgIpc) is 2.43. The van der Waals surface area contributed by atoms with E-state index in [0.29, 0.717) is 6.61 Å². The monoisotopic (exact) mass is 361 g/mol. The van der Waals surface area contributed by atoms with Crippen LogP contribution in [0.25, 0.3) is 0 Å². The van der Waals surface area contributed by atoms with Crippen LogP contribution in [0.2, 0.25) is 0 Å². The van der Waals surface area contributed by atoms with Crippen LogP contribution in [0.1, 0.15) is 33.3 Å². The smallest absolute Gasteiger partial charge is 0.325 e. The van der Waals surface area contributed by atoms with Gasteiger partial charge in [0, 0.05) is 0 Å². The summed E-state index contributed by atoms with van der Waals surface area (Å²) in [4.78, 5) is 11.1. The molecule has 0 aliphatic heterocycles. The minimum absolute atomic E-state index is 0.0666. The molecule has 1 rings (SSSR count). The summed E-state index contributed by atoms with van der Waals surface area (Å²) in [5.74, 6) is -0.551. The Hall–Kier alpha value is -1.48. The van der Waals surface area contributed by atoms with Crippen LogP contribution < -0.4 is 5.73 Å². The first-order valence-corrected chi connectivity index (χ1v) is 8.82. The van der Waals surface area contributed by atoms with Crippen molar-refractivity contribution in [1.29, 1.82) is 0 Å². The Kier molecular flexibility index (Phi) is 8.56. The first-order chi connectivity index (χ1) is 10.7. The standard InChI is InChI=1S/C9H19NO3.C7H8O3S/c1-6(11)7(10)8(12)13-5-9(2,3)4;1-6-2-4-7(5-3-6)11(8,9)10/h6-7,11H,5,10H2,1-4H3;2-5H,1H3,(H,8,9,10)/t6-,7+;/m1./s1. The third-order valence-corrected chi connectivity index (χ3v) is 3.63. The van der Waals surface area contributed by atoms with Gasteiger partial charge in [-0.2, -0.15) is 8.42 Å². The van der Waals surface area contributed by atoms with Crippen LogP contribution in [0, 0.1) is 12.3 Å². The Labute approximate surface area is 143 Å². The molecule has 8 heteroatoms. The van der Waals surface area contributed by atoms with Crippen molar-refractivity contribution >= 4 is 16.1 Å². The lowest BCUT2D eigenvalue weighted by Crippen LogP contribution is -2.42. The van der Waals surface area contributed by atoms with Gasteiger partial charge in [-0.15, -0.1) is 0 Å². The Morgan fingerprint density at radius 1 is 1.25 bits per heavy atom. The summed E-state index contributed by atoms with van der Waals surface area (Å²) in [6, 6.07) is 5.05. The largest absolute Gasteiger partial charge is 0.464 e. The van der Waals surface area contributed by atoms with Crippen molar-refractivity contribution < 1.29 is 27.6 Å². The Bertz CT molecular complexity index is 617. The number of carbonyl (C=O) groups is 1. The molecule has 7 nitrogen and oxygen atoms in total. The molecule has 0 radical (unpaired) electrons. The van der Waals surface area contributed by atoms with Crippen molar-refractivity contribution in [3.63, 3.8) is 0 Å². The van der Waals surface area contributed by atoms with E-state index in [2.05, 4.69) is 0 Å². The molecular weight excluding hydrogens is 334 g/mol. The molecule has 1 aromatic rings. The zero-order valence-electron chi connectivity index (χ0n) is 14.7. The number of rotatable bonds is 4. The number of carbonyl (C=O) groups excluding carboxylic acids is 1. The van der Waals surface area contributed by atoms with Gasteiger partial charge in [0.05, 0.1) is 17.6 Å². The van der Waals surface area contributed by atoms with Gasteiger partial charge in [-0.1, -0.05) is 38.5 Å². The third-order valence-electron chi connectivity index (χ3n) is 2.76. The van der Waals surface area contributed by atoms with Gasteiger partial charge in [0.25, 0.3) is 10.1 Å². The first-order valence-electron chi connectivity index (χ1n) is 7.38. The minimum atomic E-state index is -4.02. The molecule has 0 unspecified atom stereocenters. The van der Waals surface area contributed by atoms with E-state index in [1.54, 1.807) is 12.1 Å². The molecule has 2 atom stereocenters. The number of nitrogens with two attached hydrogens (primary N) is 1. The van der Waals surface area contributed by atoms with Crippen molar-refractivity contribution in [2.45, 2.75) is 51.7 Å². The van der Waals surface area contributed by atoms with Crippen LogP contribution >= 0.6 is 0 Å². The Morgan fingerprint density at radius 3 is 2.04 bits per heavy atom. The molecular formula is C16H27NO6S. The fourth-order valence-electron chi connectivity index (χ4n) is 1.29. The van der Waals surface area contributed by atoms with Crippen molar-refractivity contribution in [2.75, 3.05) is 6.61 Å². The quantitative estimate of drug-likeness (QED) is 0.548. The van der Waals surface area contributed by atoms with Crippen LogP contribution in [0.4, 0.5) is 0 Å². The van der Waals surface area contributed by atoms with Gasteiger partial charge in [-0.3, -0.25) is 9.35 Å². The van der Waals surface area contributed by atoms with Gasteiger partial charge in [0.15, 0.2) is 0 Å². The summed E-state index contributed by atoms with van der Waals surface area (Å²) in [5, 5.41) is 8.99. The van der Waals surface area contributed by atoms with E-state index in [1.807, 2.05) is 27.7 Å². The van der Waals surface area contributed by atoms with E-state index in [9.17, 15) is 13.2 Å². The van der Waals surface area contributed by atoms with Crippen molar-refractivity contribution in [3.05, 3.63) is 29.8 Å². The van der Waals surface area contributed by atoms with Crippen molar-refractivity contribution in [2.24, 2.45) is 11.1 Å². The molecule has 0 aromatic heterocycles. The first kappa shape index (κ1) is 22.5. The van der Waals surface area contributed by atoms with Crippen LogP contribution in [-0.2, 0) is 19.6 Å². The second kappa shape index (κ2) is 9.12. The molecule has 0 amide bonds. The summed E-state index contributed by atoms with van der Waals surface area (Å²) < 4.78 is 34.5. The second-order valence-electron chi connectivity index (χ2n) is 6.72. The van der Waals surface area contributed by atoms with Gasteiger partial charge in [0.1, 0.15) is 6.04 Å². The number of aliphatic hydroxyl groups is 1. The summed E-state index contributed by atoms with van der Waals surface area (Å²) in [6.45, 7) is 9.47. The molecule has 0 aliphatic carbocycles. The number of esters is 1. The summed E-state index contributed by atoms with van der Waals surface area (Å²) in [7, 11) is -4.02. The van der Waals surface area contributed by atoms with E-state index in [1.165, 1.54) is 19.1 Å². The maximum absolute atomic E-state index is 11.1. The van der Waals surface area contributed by atoms with Gasteiger partial charge >= 0.3 is 5.97 Å². The van der Waals surface area contributed by atoms with Gasteiger partial charge in [0.2, 0.25) is 0 Å². The maximum atomic E-state index is 11.1. The SMILES string of the molecule is C[C@@H](O)[C@H](N)C(=O)OCC(C)(C)C.Cc1ccc(S(=O)(=O)O)cc1. The zero-order valence-corrected chi connectivity index (χ0v) is 15.5. The molecule has 1 aromatic carbocycles. The topological polar surface area (TPSA) is 127 Å². The molecule has 0 bridgehead atoms. The number of hydrogen-bond acceptors (Lipinski definition) is 6. The fraction of sp³-hybridized carbons (Fsp3) is 0.562. The molecule has 0 saturated carbocycles. The number of hydrogen-bond donors (Lipinski definition) is 3. The molecule has 0 spiro atoms. The van der Waals surface area contributed by atoms with Crippen LogP contribution in [0.5, 0.6) is 0 Å². The highest BCUT2D eigenvalue weighted by atomic mass is 32.2. The predicted octanol–water partition coefficient (Wildman–Crippen LogP) is 1.53. The number of aryl methyl sites for hydroxylation is 1. The lowest BCUT2D eigenvalue weighted by Gasteiger charge is -2.20. The maximum Gasteiger partial charge on any atom is 0.325 e. The lowest BCUT2D eigenvalue weighted by atomic mass is 9.99. The number of benzene rings is 1. The fourth-order valence-corrected chi connectivity index (χ4v) is 1.77. The van der Waals surface area contributed by atoms with Gasteiger partial charge in [-0.25, -0.2) is 0 Å². The highest BCUT2D eigenvalue weighted by Crippen LogP contribution is 2.13. The lowest BCUT2D eigenvalue weighted by molar-refractivity contribution is -0.150. The van der Waals surface area contributed by atoms with E-state index < -0.39 is 28.2 Å². The van der Waals surface area contributed by atoms with Crippen molar-refractivity contribution in [1.82, 2.24) is 0 Å². The Morgan fingerprint density at radius 2 is 1.71 bits per heavy atom.